The molecule has 3 N–H and O–H groups in total. The van der Waals surface area contributed by atoms with Gasteiger partial charge in [0.05, 0.1) is 13.2 Å². The molecule has 0 aliphatic rings. The fraction of sp³-hybridized carbons (Fsp3) is 0.333. The van der Waals surface area contributed by atoms with Crippen molar-refractivity contribution in [3.63, 3.8) is 0 Å². The van der Waals surface area contributed by atoms with Crippen molar-refractivity contribution < 1.29 is 18.7 Å². The molecule has 24 heavy (non-hydrogen) atoms. The van der Waals surface area contributed by atoms with Crippen molar-refractivity contribution in [2.45, 2.75) is 13.5 Å². The molecule has 3 amide bonds. The second-order valence-corrected chi connectivity index (χ2v) is 4.85. The van der Waals surface area contributed by atoms with Crippen molar-refractivity contribution in [1.29, 1.82) is 0 Å². The molecule has 0 atom stereocenters. The number of hydrogen-bond donors (Lipinski definition) is 3. The number of carbonyl (C=O) groups excluding carboxylic acids is 2. The van der Waals surface area contributed by atoms with Gasteiger partial charge in [0.15, 0.2) is 0 Å². The molecular formula is C15H19N5O4. The first kappa shape index (κ1) is 17.4. The van der Waals surface area contributed by atoms with Gasteiger partial charge in [0, 0.05) is 31.8 Å². The van der Waals surface area contributed by atoms with E-state index in [4.69, 9.17) is 9.15 Å². The number of urea groups is 1. The van der Waals surface area contributed by atoms with E-state index in [2.05, 4.69) is 26.1 Å². The Hall–Kier alpha value is -2.94. The molecule has 0 bridgehead atoms. The van der Waals surface area contributed by atoms with E-state index in [9.17, 15) is 9.59 Å². The van der Waals surface area contributed by atoms with Gasteiger partial charge in [-0.2, -0.15) is 0 Å². The van der Waals surface area contributed by atoms with Gasteiger partial charge in [0.25, 0.3) is 5.91 Å². The molecule has 9 nitrogen and oxygen atoms in total. The molecule has 0 saturated heterocycles. The third-order valence-corrected chi connectivity index (χ3v) is 2.96. The summed E-state index contributed by atoms with van der Waals surface area (Å²) in [6.07, 6.45) is 0. The molecule has 9 heteroatoms. The third-order valence-electron chi connectivity index (χ3n) is 2.96. The van der Waals surface area contributed by atoms with Gasteiger partial charge in [-0.25, -0.2) is 4.79 Å². The van der Waals surface area contributed by atoms with Crippen molar-refractivity contribution in [1.82, 2.24) is 20.8 Å². The Bertz CT molecular complexity index is 683. The summed E-state index contributed by atoms with van der Waals surface area (Å²) >= 11 is 0. The lowest BCUT2D eigenvalue weighted by Crippen LogP contribution is -2.28. The average molecular weight is 333 g/mol. The molecule has 2 rings (SSSR count). The van der Waals surface area contributed by atoms with Crippen LogP contribution in [0.15, 0.2) is 28.7 Å². The highest BCUT2D eigenvalue weighted by Crippen LogP contribution is 2.09. The second kappa shape index (κ2) is 8.63. The number of ether oxygens (including phenoxy) is 1. The summed E-state index contributed by atoms with van der Waals surface area (Å²) in [7, 11) is 1.57. The fourth-order valence-corrected chi connectivity index (χ4v) is 1.81. The standard InChI is InChI=1S/C15H19N5O4/c1-10-19-20-13(24-10)9-17-15(22)18-12-5-3-11(4-6-12)14(21)16-7-8-23-2/h3-6H,7-9H2,1-2H3,(H,16,21)(H2,17,18,22). The van der Waals surface area contributed by atoms with Crippen LogP contribution in [0.1, 0.15) is 22.1 Å². The van der Waals surface area contributed by atoms with E-state index in [-0.39, 0.29) is 12.5 Å². The van der Waals surface area contributed by atoms with Crippen LogP contribution < -0.4 is 16.0 Å². The van der Waals surface area contributed by atoms with E-state index in [1.807, 2.05) is 0 Å². The topological polar surface area (TPSA) is 118 Å². The SMILES string of the molecule is COCCNC(=O)c1ccc(NC(=O)NCc2nnc(C)o2)cc1. The number of nitrogens with one attached hydrogen (secondary N) is 3. The molecule has 0 aliphatic carbocycles. The smallest absolute Gasteiger partial charge is 0.319 e. The van der Waals surface area contributed by atoms with Crippen LogP contribution in [0.25, 0.3) is 0 Å². The maximum absolute atomic E-state index is 11.8. The largest absolute Gasteiger partial charge is 0.424 e. The van der Waals surface area contributed by atoms with Gasteiger partial charge < -0.3 is 25.1 Å². The van der Waals surface area contributed by atoms with Gasteiger partial charge in [-0.05, 0) is 24.3 Å². The van der Waals surface area contributed by atoms with Crippen LogP contribution in [-0.4, -0.2) is 42.4 Å². The average Bonchev–Trinajstić information content (AvgIpc) is 2.99. The number of amides is 3. The quantitative estimate of drug-likeness (QED) is 0.652. The Morgan fingerprint density at radius 1 is 1.17 bits per heavy atom. The monoisotopic (exact) mass is 333 g/mol. The van der Waals surface area contributed by atoms with Crippen molar-refractivity contribution in [2.24, 2.45) is 0 Å². The van der Waals surface area contributed by atoms with Crippen LogP contribution >= 0.6 is 0 Å². The van der Waals surface area contributed by atoms with Crippen molar-refractivity contribution >= 4 is 17.6 Å². The Labute approximate surface area is 138 Å². The first-order chi connectivity index (χ1) is 11.6. The van der Waals surface area contributed by atoms with E-state index < -0.39 is 6.03 Å². The van der Waals surface area contributed by atoms with Crippen LogP contribution in [0.4, 0.5) is 10.5 Å². The predicted octanol–water partition coefficient (Wildman–Crippen LogP) is 1.08. The number of rotatable bonds is 7. The van der Waals surface area contributed by atoms with E-state index >= 15 is 0 Å². The highest BCUT2D eigenvalue weighted by molar-refractivity contribution is 5.95. The number of methoxy groups -OCH3 is 1. The number of carbonyl (C=O) groups is 2. The zero-order chi connectivity index (χ0) is 17.4. The third kappa shape index (κ3) is 5.36. The van der Waals surface area contributed by atoms with Gasteiger partial charge in [-0.3, -0.25) is 4.79 Å². The molecule has 1 aromatic heterocycles. The van der Waals surface area contributed by atoms with Crippen LogP contribution in [0.3, 0.4) is 0 Å². The number of hydrogen-bond acceptors (Lipinski definition) is 6. The normalized spacial score (nSPS) is 10.2. The Morgan fingerprint density at radius 2 is 1.92 bits per heavy atom. The summed E-state index contributed by atoms with van der Waals surface area (Å²) in [5.41, 5.74) is 1.06. The molecule has 1 aromatic carbocycles. The number of aromatic nitrogens is 2. The molecule has 0 spiro atoms. The Balaban J connectivity index is 1.80. The van der Waals surface area contributed by atoms with Gasteiger partial charge >= 0.3 is 6.03 Å². The van der Waals surface area contributed by atoms with Crippen LogP contribution in [-0.2, 0) is 11.3 Å². The van der Waals surface area contributed by atoms with Crippen molar-refractivity contribution in [3.05, 3.63) is 41.6 Å². The molecule has 0 aliphatic heterocycles. The lowest BCUT2D eigenvalue weighted by molar-refractivity contribution is 0.0937. The zero-order valence-electron chi connectivity index (χ0n) is 13.5. The first-order valence-electron chi connectivity index (χ1n) is 7.29. The lowest BCUT2D eigenvalue weighted by atomic mass is 10.2. The Kier molecular flexibility index (Phi) is 6.26. The molecule has 1 heterocycles. The highest BCUT2D eigenvalue weighted by atomic mass is 16.5. The molecule has 0 radical (unpaired) electrons. The molecule has 0 saturated carbocycles. The minimum absolute atomic E-state index is 0.132. The van der Waals surface area contributed by atoms with Crippen LogP contribution in [0.5, 0.6) is 0 Å². The maximum Gasteiger partial charge on any atom is 0.319 e. The predicted molar refractivity (Wildman–Crippen MR) is 85.5 cm³/mol. The molecule has 2 aromatic rings. The zero-order valence-corrected chi connectivity index (χ0v) is 13.5. The minimum atomic E-state index is -0.414. The van der Waals surface area contributed by atoms with E-state index in [1.54, 1.807) is 38.3 Å². The van der Waals surface area contributed by atoms with Crippen LogP contribution in [0, 0.1) is 6.92 Å². The molecule has 0 fully saturated rings. The van der Waals surface area contributed by atoms with E-state index in [0.717, 1.165) is 0 Å². The van der Waals surface area contributed by atoms with Gasteiger partial charge in [0.1, 0.15) is 0 Å². The summed E-state index contributed by atoms with van der Waals surface area (Å²) in [5.74, 6) is 0.562. The van der Waals surface area contributed by atoms with Crippen molar-refractivity contribution in [3.8, 4) is 0 Å². The molecular weight excluding hydrogens is 314 g/mol. The number of nitrogens with zero attached hydrogens (tertiary/aromatic N) is 2. The number of anilines is 1. The van der Waals surface area contributed by atoms with Gasteiger partial charge in [0.2, 0.25) is 11.8 Å². The number of benzene rings is 1. The lowest BCUT2D eigenvalue weighted by Gasteiger charge is -2.08. The minimum Gasteiger partial charge on any atom is -0.424 e. The Morgan fingerprint density at radius 3 is 2.54 bits per heavy atom. The fourth-order valence-electron chi connectivity index (χ4n) is 1.81. The highest BCUT2D eigenvalue weighted by Gasteiger charge is 2.07. The maximum atomic E-state index is 11.8. The summed E-state index contributed by atoms with van der Waals surface area (Å²) in [5, 5.41) is 15.4. The van der Waals surface area contributed by atoms with E-state index in [0.29, 0.717) is 36.2 Å². The van der Waals surface area contributed by atoms with Gasteiger partial charge in [-0.1, -0.05) is 0 Å². The second-order valence-electron chi connectivity index (χ2n) is 4.85. The molecule has 0 unspecified atom stereocenters. The van der Waals surface area contributed by atoms with E-state index in [1.165, 1.54) is 0 Å². The van der Waals surface area contributed by atoms with Crippen molar-refractivity contribution in [2.75, 3.05) is 25.6 Å². The summed E-state index contributed by atoms with van der Waals surface area (Å²) < 4.78 is 10.0. The summed E-state index contributed by atoms with van der Waals surface area (Å²) in [6.45, 7) is 2.69. The molecule has 128 valence electrons. The summed E-state index contributed by atoms with van der Waals surface area (Å²) in [6, 6.07) is 6.12. The number of aryl methyl sites for hydroxylation is 1. The van der Waals surface area contributed by atoms with Crippen LogP contribution in [0.2, 0.25) is 0 Å². The van der Waals surface area contributed by atoms with Gasteiger partial charge in [-0.15, -0.1) is 10.2 Å². The first-order valence-corrected chi connectivity index (χ1v) is 7.29. The summed E-state index contributed by atoms with van der Waals surface area (Å²) in [4.78, 5) is 23.6.